The van der Waals surface area contributed by atoms with Gasteiger partial charge in [-0.15, -0.1) is 0 Å². The lowest BCUT2D eigenvalue weighted by atomic mass is 10.3. The summed E-state index contributed by atoms with van der Waals surface area (Å²) in [4.78, 5) is 4.24. The van der Waals surface area contributed by atoms with Crippen LogP contribution in [0.2, 0.25) is 0 Å². The first-order valence-corrected chi connectivity index (χ1v) is 8.66. The van der Waals surface area contributed by atoms with Gasteiger partial charge in [-0.1, -0.05) is 26.7 Å². The average molecular weight is 319 g/mol. The minimum atomic E-state index is 0.847. The van der Waals surface area contributed by atoms with Crippen molar-refractivity contribution >= 4 is 36.2 Å². The van der Waals surface area contributed by atoms with Crippen molar-refractivity contribution in [3.05, 3.63) is 0 Å². The molecule has 8 heteroatoms. The van der Waals surface area contributed by atoms with Gasteiger partial charge in [0.05, 0.1) is 12.1 Å². The van der Waals surface area contributed by atoms with E-state index in [0.29, 0.717) is 0 Å². The molecule has 0 unspecified atom stereocenters. The van der Waals surface area contributed by atoms with E-state index in [9.17, 15) is 0 Å². The van der Waals surface area contributed by atoms with Crippen LogP contribution in [0.4, 0.5) is 0 Å². The van der Waals surface area contributed by atoms with Gasteiger partial charge in [0.1, 0.15) is 12.1 Å². The smallest absolute Gasteiger partial charge is 0.218 e. The third kappa shape index (κ3) is 6.13. The van der Waals surface area contributed by atoms with Gasteiger partial charge in [0, 0.05) is 27.2 Å². The zero-order valence-corrected chi connectivity index (χ0v) is 14.5. The molecule has 0 aliphatic carbocycles. The van der Waals surface area contributed by atoms with Crippen molar-refractivity contribution in [2.75, 3.05) is 27.2 Å². The highest BCUT2D eigenvalue weighted by Gasteiger charge is 2.12. The lowest BCUT2D eigenvalue weighted by Gasteiger charge is -2.25. The lowest BCUT2D eigenvalue weighted by molar-refractivity contribution is 0.474. The molecular formula is C12H26N6S2. The Labute approximate surface area is 131 Å². The summed E-state index contributed by atoms with van der Waals surface area (Å²) in [6.45, 7) is 6.37. The van der Waals surface area contributed by atoms with Gasteiger partial charge in [-0.25, -0.2) is 0 Å². The molecule has 20 heavy (non-hydrogen) atoms. The molecule has 0 fully saturated rings. The van der Waals surface area contributed by atoms with Gasteiger partial charge in [0.2, 0.25) is 11.9 Å². The van der Waals surface area contributed by atoms with E-state index in [1.807, 2.05) is 14.1 Å². The molecule has 1 rings (SSSR count). The Morgan fingerprint density at radius 3 is 1.75 bits per heavy atom. The standard InChI is InChI=1S/C12H26N6S2/c1-5-7-9-17(3)11-13-19-15-12(16-20-14-11)18(4)10-8-6-2/h5-10H2,1-4H3,(H,13,14)(H,15,16). The Hall–Kier alpha value is -0.760. The minimum absolute atomic E-state index is 0.847. The summed E-state index contributed by atoms with van der Waals surface area (Å²) in [7, 11) is 4.09. The molecule has 0 aromatic heterocycles. The fourth-order valence-corrected chi connectivity index (χ4v) is 2.87. The number of guanidine groups is 2. The zero-order chi connectivity index (χ0) is 14.8. The number of unbranched alkanes of at least 4 members (excludes halogenated alkanes) is 2. The second-order valence-electron chi connectivity index (χ2n) is 4.77. The summed E-state index contributed by atoms with van der Waals surface area (Å²) in [5.41, 5.74) is 0. The summed E-state index contributed by atoms with van der Waals surface area (Å²) < 4.78 is 15.3. The van der Waals surface area contributed by atoms with Crippen molar-refractivity contribution < 1.29 is 0 Å². The molecule has 2 N–H and O–H groups in total. The maximum Gasteiger partial charge on any atom is 0.218 e. The fourth-order valence-electron chi connectivity index (χ4n) is 1.55. The van der Waals surface area contributed by atoms with Crippen LogP contribution in [0.25, 0.3) is 0 Å². The topological polar surface area (TPSA) is 55.3 Å². The lowest BCUT2D eigenvalue weighted by Crippen LogP contribution is -2.42. The largest absolute Gasteiger partial charge is 0.345 e. The molecule has 6 nitrogen and oxygen atoms in total. The molecule has 1 heterocycles. The van der Waals surface area contributed by atoms with Crippen LogP contribution in [0.5, 0.6) is 0 Å². The van der Waals surface area contributed by atoms with Crippen LogP contribution < -0.4 is 9.44 Å². The summed E-state index contributed by atoms with van der Waals surface area (Å²) >= 11 is 2.63. The molecule has 0 bridgehead atoms. The van der Waals surface area contributed by atoms with Gasteiger partial charge < -0.3 is 9.80 Å². The van der Waals surface area contributed by atoms with Gasteiger partial charge >= 0.3 is 0 Å². The summed E-state index contributed by atoms with van der Waals surface area (Å²) in [5.74, 6) is 1.69. The summed E-state index contributed by atoms with van der Waals surface area (Å²) in [6, 6.07) is 0. The second-order valence-corrected chi connectivity index (χ2v) is 5.91. The van der Waals surface area contributed by atoms with Crippen LogP contribution in [0.15, 0.2) is 8.80 Å². The number of nitrogens with one attached hydrogen (secondary N) is 2. The Kier molecular flexibility index (Phi) is 8.68. The van der Waals surface area contributed by atoms with E-state index < -0.39 is 0 Å². The first kappa shape index (κ1) is 17.3. The van der Waals surface area contributed by atoms with Crippen molar-refractivity contribution in [2.24, 2.45) is 8.80 Å². The van der Waals surface area contributed by atoms with E-state index in [1.165, 1.54) is 37.1 Å². The van der Waals surface area contributed by atoms with Gasteiger partial charge in [0.25, 0.3) is 0 Å². The predicted molar refractivity (Wildman–Crippen MR) is 91.4 cm³/mol. The van der Waals surface area contributed by atoms with E-state index in [4.69, 9.17) is 0 Å². The quantitative estimate of drug-likeness (QED) is 0.734. The highest BCUT2D eigenvalue weighted by atomic mass is 32.2. The first-order valence-electron chi connectivity index (χ1n) is 7.11. The Bertz CT molecular complexity index is 304. The third-order valence-corrected chi connectivity index (χ3v) is 4.03. The number of hydrogen-bond acceptors (Lipinski definition) is 8. The first-order chi connectivity index (χ1) is 9.69. The molecule has 1 aliphatic rings. The van der Waals surface area contributed by atoms with Gasteiger partial charge in [0.15, 0.2) is 0 Å². The van der Waals surface area contributed by atoms with Gasteiger partial charge in [-0.05, 0) is 12.8 Å². The molecule has 0 saturated carbocycles. The summed E-state index contributed by atoms with van der Waals surface area (Å²) in [5, 5.41) is 0. The van der Waals surface area contributed by atoms with Crippen LogP contribution in [0.1, 0.15) is 39.5 Å². The molecule has 0 amide bonds. The SMILES string of the molecule is CCCCN(C)/C1=N/S/N=C(/N(C)CCCC)NSN1. The maximum absolute atomic E-state index is 4.42. The highest BCUT2D eigenvalue weighted by molar-refractivity contribution is 7.98. The van der Waals surface area contributed by atoms with E-state index in [0.717, 1.165) is 37.9 Å². The van der Waals surface area contributed by atoms with Crippen molar-refractivity contribution in [1.29, 1.82) is 0 Å². The molecule has 116 valence electrons. The molecule has 0 aromatic carbocycles. The molecule has 1 aliphatic heterocycles. The molecule has 0 spiro atoms. The Balaban J connectivity index is 2.53. The van der Waals surface area contributed by atoms with Crippen molar-refractivity contribution in [2.45, 2.75) is 39.5 Å². The van der Waals surface area contributed by atoms with E-state index in [-0.39, 0.29) is 0 Å². The summed E-state index contributed by atoms with van der Waals surface area (Å²) in [6.07, 6.45) is 4.68. The third-order valence-electron chi connectivity index (χ3n) is 2.96. The molecule has 0 saturated heterocycles. The predicted octanol–water partition coefficient (Wildman–Crippen LogP) is 2.48. The highest BCUT2D eigenvalue weighted by Crippen LogP contribution is 2.11. The number of nitrogens with zero attached hydrogens (tertiary/aromatic N) is 4. The zero-order valence-electron chi connectivity index (χ0n) is 12.8. The minimum Gasteiger partial charge on any atom is -0.345 e. The average Bonchev–Trinajstić information content (AvgIpc) is 2.42. The van der Waals surface area contributed by atoms with E-state index in [2.05, 4.69) is 41.9 Å². The van der Waals surface area contributed by atoms with Crippen molar-refractivity contribution in [3.8, 4) is 0 Å². The van der Waals surface area contributed by atoms with Crippen LogP contribution in [0.3, 0.4) is 0 Å². The second kappa shape index (κ2) is 10.0. The Morgan fingerprint density at radius 1 is 0.900 bits per heavy atom. The number of hydrogen-bond donors (Lipinski definition) is 2. The number of rotatable bonds is 6. The Morgan fingerprint density at radius 2 is 1.35 bits per heavy atom. The van der Waals surface area contributed by atoms with Crippen molar-refractivity contribution in [3.63, 3.8) is 0 Å². The normalized spacial score (nSPS) is 20.4. The van der Waals surface area contributed by atoms with E-state index >= 15 is 0 Å². The van der Waals surface area contributed by atoms with E-state index in [1.54, 1.807) is 0 Å². The van der Waals surface area contributed by atoms with Gasteiger partial charge in [-0.3, -0.25) is 9.44 Å². The molecule has 0 aromatic rings. The van der Waals surface area contributed by atoms with Crippen LogP contribution in [0, 0.1) is 0 Å². The molecule has 0 atom stereocenters. The van der Waals surface area contributed by atoms with Crippen LogP contribution >= 0.6 is 24.3 Å². The monoisotopic (exact) mass is 318 g/mol. The van der Waals surface area contributed by atoms with Crippen LogP contribution in [-0.4, -0.2) is 48.9 Å². The van der Waals surface area contributed by atoms with Crippen LogP contribution in [-0.2, 0) is 0 Å². The van der Waals surface area contributed by atoms with Crippen molar-refractivity contribution in [1.82, 2.24) is 19.2 Å². The maximum atomic E-state index is 4.42. The fraction of sp³-hybridized carbons (Fsp3) is 0.833. The van der Waals surface area contributed by atoms with Gasteiger partial charge in [-0.2, -0.15) is 8.80 Å². The molecular weight excluding hydrogens is 292 g/mol. The molecule has 0 radical (unpaired) electrons.